The second-order valence-electron chi connectivity index (χ2n) is 11.8. The lowest BCUT2D eigenvalue weighted by molar-refractivity contribution is 0.0895. The van der Waals surface area contributed by atoms with Crippen LogP contribution < -0.4 is 9.47 Å². The van der Waals surface area contributed by atoms with E-state index in [2.05, 4.69) is 6.58 Å². The third kappa shape index (κ3) is 7.65. The van der Waals surface area contributed by atoms with Crippen LogP contribution >= 0.6 is 0 Å². The van der Waals surface area contributed by atoms with Gasteiger partial charge in [0, 0.05) is 30.8 Å². The highest BCUT2D eigenvalue weighted by Crippen LogP contribution is 2.34. The third-order valence-corrected chi connectivity index (χ3v) is 9.06. The minimum atomic E-state index is -3.40. The highest BCUT2D eigenvalue weighted by molar-refractivity contribution is 7.90. The van der Waals surface area contributed by atoms with E-state index in [9.17, 15) is 23.1 Å². The van der Waals surface area contributed by atoms with Gasteiger partial charge in [-0.1, -0.05) is 49.0 Å². The summed E-state index contributed by atoms with van der Waals surface area (Å²) in [7, 11) is -3.40. The van der Waals surface area contributed by atoms with Gasteiger partial charge in [0.2, 0.25) is 0 Å². The molecule has 1 aliphatic rings. The van der Waals surface area contributed by atoms with Gasteiger partial charge in [-0.15, -0.1) is 0 Å². The highest BCUT2D eigenvalue weighted by atomic mass is 32.2. The van der Waals surface area contributed by atoms with E-state index < -0.39 is 27.4 Å². The van der Waals surface area contributed by atoms with Crippen molar-refractivity contribution in [3.63, 3.8) is 0 Å². The predicted octanol–water partition coefficient (Wildman–Crippen LogP) is 6.50. The number of Topliss-reactive ketones (excluding diaryl/α,β-unsaturated/α-hetero) is 1. The van der Waals surface area contributed by atoms with E-state index in [0.29, 0.717) is 36.4 Å². The molecule has 1 N–H and O–H groups in total. The van der Waals surface area contributed by atoms with Gasteiger partial charge in [0.05, 0.1) is 4.90 Å². The lowest BCUT2D eigenvalue weighted by Crippen LogP contribution is -2.32. The summed E-state index contributed by atoms with van der Waals surface area (Å²) < 4.78 is 35.5. The van der Waals surface area contributed by atoms with Crippen LogP contribution in [0.5, 0.6) is 11.5 Å². The molecule has 1 heterocycles. The number of benzene rings is 3. The summed E-state index contributed by atoms with van der Waals surface area (Å²) in [6.07, 6.45) is 1.92. The summed E-state index contributed by atoms with van der Waals surface area (Å²) in [5, 5.41) is 9.92. The number of carbonyl (C=O) groups excluding carboxylic acids is 2. The number of ketones is 1. The number of carbonyl (C=O) groups is 2. The number of para-hydroxylation sites is 1. The second-order valence-corrected chi connectivity index (χ2v) is 13.8. The number of aliphatic hydroxyl groups excluding tert-OH is 1. The number of nitrogens with zero attached hydrogens (tertiary/aromatic N) is 1. The molecule has 1 amide bonds. The number of rotatable bonds is 10. The Bertz CT molecular complexity index is 1590. The summed E-state index contributed by atoms with van der Waals surface area (Å²) in [5.41, 5.74) is 2.37. The molecule has 43 heavy (non-hydrogen) atoms. The maximum Gasteiger partial charge on any atom is 0.415 e. The third-order valence-electron chi connectivity index (χ3n) is 7.93. The number of likely N-dealkylation sites (tertiary alicyclic amines) is 1. The van der Waals surface area contributed by atoms with Gasteiger partial charge in [-0.2, -0.15) is 0 Å². The van der Waals surface area contributed by atoms with Gasteiger partial charge < -0.3 is 19.5 Å². The Morgan fingerprint density at radius 2 is 1.60 bits per heavy atom. The average Bonchev–Trinajstić information content (AvgIpc) is 3.38. The lowest BCUT2D eigenvalue weighted by atomic mass is 9.84. The second kappa shape index (κ2) is 12.6. The molecule has 0 bridgehead atoms. The topological polar surface area (TPSA) is 110 Å². The standard InChI is InChI=1S/C34H39NO7S/c1-22-18-25(19-23(2)32(22)42-34(4,5)24(3)36)12-13-27-20-35(33(38)41-28-10-8-7-9-11-28)21-30(27)31(37)26-14-16-29(17-15-26)43(6,39)40/h7-11,14-19,27,30,36H,3,12-13,20-21H2,1-2,4-6H3. The predicted molar refractivity (Wildman–Crippen MR) is 166 cm³/mol. The molecular weight excluding hydrogens is 566 g/mol. The summed E-state index contributed by atoms with van der Waals surface area (Å²) in [5.74, 6) is 0.296. The Hall–Kier alpha value is -4.11. The summed E-state index contributed by atoms with van der Waals surface area (Å²) in [6.45, 7) is 11.6. The van der Waals surface area contributed by atoms with Crippen molar-refractivity contribution in [1.82, 2.24) is 4.90 Å². The minimum absolute atomic E-state index is 0.0615. The normalized spacial score (nSPS) is 17.0. The van der Waals surface area contributed by atoms with E-state index in [1.165, 1.54) is 24.3 Å². The molecule has 0 radical (unpaired) electrons. The Morgan fingerprint density at radius 1 is 1.00 bits per heavy atom. The number of aliphatic hydroxyl groups is 1. The molecule has 8 nitrogen and oxygen atoms in total. The van der Waals surface area contributed by atoms with Crippen molar-refractivity contribution in [3.05, 3.63) is 101 Å². The Balaban J connectivity index is 1.54. The molecule has 2 unspecified atom stereocenters. The van der Waals surface area contributed by atoms with E-state index >= 15 is 0 Å². The molecule has 0 aliphatic carbocycles. The van der Waals surface area contributed by atoms with Crippen LogP contribution in [0.15, 0.2) is 84.0 Å². The summed E-state index contributed by atoms with van der Waals surface area (Å²) >= 11 is 0. The molecule has 2 atom stereocenters. The monoisotopic (exact) mass is 605 g/mol. The smallest absolute Gasteiger partial charge is 0.415 e. The number of hydrogen-bond donors (Lipinski definition) is 1. The first-order valence-electron chi connectivity index (χ1n) is 14.2. The van der Waals surface area contributed by atoms with Crippen molar-refractivity contribution in [2.45, 2.75) is 51.0 Å². The van der Waals surface area contributed by atoms with Crippen LogP contribution in [0.2, 0.25) is 0 Å². The first-order chi connectivity index (χ1) is 20.2. The van der Waals surface area contributed by atoms with E-state index in [4.69, 9.17) is 9.47 Å². The SMILES string of the molecule is C=C(O)C(C)(C)Oc1c(C)cc(CCC2CN(C(=O)Oc3ccccc3)CC2C(=O)c2ccc(S(C)(=O)=O)cc2)cc1C. The maximum atomic E-state index is 13.7. The van der Waals surface area contributed by atoms with Gasteiger partial charge in [-0.3, -0.25) is 4.79 Å². The van der Waals surface area contributed by atoms with Crippen LogP contribution in [0.3, 0.4) is 0 Å². The molecule has 3 aromatic carbocycles. The van der Waals surface area contributed by atoms with Crippen LogP contribution in [-0.2, 0) is 16.3 Å². The molecule has 1 fully saturated rings. The average molecular weight is 606 g/mol. The zero-order chi connectivity index (χ0) is 31.5. The molecular formula is C34H39NO7S. The quantitative estimate of drug-likeness (QED) is 0.208. The summed E-state index contributed by atoms with van der Waals surface area (Å²) in [4.78, 5) is 28.5. The Kier molecular flexibility index (Phi) is 9.35. The van der Waals surface area contributed by atoms with E-state index in [1.807, 2.05) is 32.0 Å². The van der Waals surface area contributed by atoms with E-state index in [-0.39, 0.29) is 28.9 Å². The van der Waals surface area contributed by atoms with Crippen LogP contribution in [0, 0.1) is 25.7 Å². The Labute approximate surface area is 253 Å². The largest absolute Gasteiger partial charge is 0.509 e. The van der Waals surface area contributed by atoms with E-state index in [1.54, 1.807) is 43.0 Å². The van der Waals surface area contributed by atoms with Crippen LogP contribution in [0.4, 0.5) is 4.79 Å². The van der Waals surface area contributed by atoms with Gasteiger partial charge in [0.25, 0.3) is 0 Å². The molecule has 1 aliphatic heterocycles. The molecule has 3 aromatic rings. The van der Waals surface area contributed by atoms with Gasteiger partial charge in [0.15, 0.2) is 21.2 Å². The van der Waals surface area contributed by atoms with Crippen LogP contribution in [0.25, 0.3) is 0 Å². The fraction of sp³-hybridized carbons (Fsp3) is 0.353. The van der Waals surface area contributed by atoms with Crippen molar-refractivity contribution in [2.24, 2.45) is 11.8 Å². The first kappa shape index (κ1) is 31.8. The zero-order valence-corrected chi connectivity index (χ0v) is 26.1. The van der Waals surface area contributed by atoms with E-state index in [0.717, 1.165) is 22.9 Å². The van der Waals surface area contributed by atoms with Gasteiger partial charge in [-0.05, 0) is 87.4 Å². The van der Waals surface area contributed by atoms with Crippen molar-refractivity contribution < 1.29 is 32.6 Å². The number of aryl methyl sites for hydroxylation is 3. The number of amides is 1. The van der Waals surface area contributed by atoms with Crippen molar-refractivity contribution in [1.29, 1.82) is 0 Å². The highest BCUT2D eigenvalue weighted by Gasteiger charge is 2.40. The van der Waals surface area contributed by atoms with Gasteiger partial charge in [0.1, 0.15) is 17.3 Å². The van der Waals surface area contributed by atoms with Crippen LogP contribution in [-0.4, -0.2) is 55.2 Å². The summed E-state index contributed by atoms with van der Waals surface area (Å²) in [6, 6.07) is 18.8. The fourth-order valence-electron chi connectivity index (χ4n) is 5.36. The maximum absolute atomic E-state index is 13.7. The van der Waals surface area contributed by atoms with Gasteiger partial charge >= 0.3 is 6.09 Å². The molecule has 228 valence electrons. The molecule has 0 saturated carbocycles. The number of ether oxygens (including phenoxy) is 2. The van der Waals surface area contributed by atoms with Crippen molar-refractivity contribution in [3.8, 4) is 11.5 Å². The van der Waals surface area contributed by atoms with Crippen molar-refractivity contribution >= 4 is 21.7 Å². The molecule has 0 spiro atoms. The lowest BCUT2D eigenvalue weighted by Gasteiger charge is -2.27. The molecule has 4 rings (SSSR count). The fourth-order valence-corrected chi connectivity index (χ4v) is 5.99. The van der Waals surface area contributed by atoms with Gasteiger partial charge in [-0.25, -0.2) is 13.2 Å². The van der Waals surface area contributed by atoms with Crippen LogP contribution in [0.1, 0.15) is 47.3 Å². The van der Waals surface area contributed by atoms with Crippen molar-refractivity contribution in [2.75, 3.05) is 19.3 Å². The minimum Gasteiger partial charge on any atom is -0.509 e. The molecule has 1 saturated heterocycles. The molecule has 0 aromatic heterocycles. The zero-order valence-electron chi connectivity index (χ0n) is 25.3. The number of hydrogen-bond acceptors (Lipinski definition) is 7. The Morgan fingerprint density at radius 3 is 2.16 bits per heavy atom. The molecule has 9 heteroatoms. The first-order valence-corrected chi connectivity index (χ1v) is 16.1. The number of sulfone groups is 1.